The molecule has 0 saturated carbocycles. The van der Waals surface area contributed by atoms with Gasteiger partial charge in [-0.3, -0.25) is 9.59 Å². The average Bonchev–Trinajstić information content (AvgIpc) is 3.60. The number of aryl methyl sites for hydroxylation is 1. The summed E-state index contributed by atoms with van der Waals surface area (Å²) in [6.45, 7) is 3.90. The normalized spacial score (nSPS) is 12.2. The Kier molecular flexibility index (Phi) is 5.39. The first-order valence-electron chi connectivity index (χ1n) is 10.6. The molecule has 1 atom stereocenters. The monoisotopic (exact) mass is 458 g/mol. The van der Waals surface area contributed by atoms with Crippen molar-refractivity contribution in [2.24, 2.45) is 0 Å². The van der Waals surface area contributed by atoms with Crippen molar-refractivity contribution < 1.29 is 4.79 Å². The molecule has 0 bridgehead atoms. The topological polar surface area (TPSA) is 86.7 Å². The molecule has 0 aliphatic heterocycles. The Morgan fingerprint density at radius 2 is 1.82 bits per heavy atom. The first kappa shape index (κ1) is 20.9. The molecule has 166 valence electrons. The maximum Gasteiger partial charge on any atom is 0.280 e. The van der Waals surface area contributed by atoms with Crippen molar-refractivity contribution in [1.82, 2.24) is 29.4 Å². The molecule has 1 N–H and O–H groups in total. The molecule has 0 unspecified atom stereocenters. The van der Waals surface area contributed by atoms with Gasteiger partial charge in [0.1, 0.15) is 16.9 Å². The zero-order chi connectivity index (χ0) is 22.9. The van der Waals surface area contributed by atoms with Gasteiger partial charge in [0.15, 0.2) is 5.82 Å². The van der Waals surface area contributed by atoms with Crippen LogP contribution in [0.1, 0.15) is 23.5 Å². The second-order valence-corrected chi connectivity index (χ2v) is 8.73. The zero-order valence-electron chi connectivity index (χ0n) is 18.2. The molecule has 9 heteroatoms. The summed E-state index contributed by atoms with van der Waals surface area (Å²) in [6, 6.07) is 16.5. The van der Waals surface area contributed by atoms with Crippen LogP contribution in [0.4, 0.5) is 0 Å². The van der Waals surface area contributed by atoms with Gasteiger partial charge in [-0.05, 0) is 49.6 Å². The highest BCUT2D eigenvalue weighted by Crippen LogP contribution is 2.25. The van der Waals surface area contributed by atoms with Crippen LogP contribution in [-0.4, -0.2) is 30.0 Å². The summed E-state index contributed by atoms with van der Waals surface area (Å²) in [7, 11) is 0. The van der Waals surface area contributed by atoms with Gasteiger partial charge < -0.3 is 9.88 Å². The van der Waals surface area contributed by atoms with Gasteiger partial charge in [-0.25, -0.2) is 9.36 Å². The molecular weight excluding hydrogens is 436 g/mol. The van der Waals surface area contributed by atoms with Crippen molar-refractivity contribution >= 4 is 28.1 Å². The van der Waals surface area contributed by atoms with E-state index in [1.165, 1.54) is 4.68 Å². The van der Waals surface area contributed by atoms with Crippen LogP contribution in [0.2, 0.25) is 0 Å². The van der Waals surface area contributed by atoms with E-state index in [9.17, 15) is 9.59 Å². The molecule has 1 amide bonds. The Labute approximate surface area is 193 Å². The van der Waals surface area contributed by atoms with Crippen LogP contribution in [0.15, 0.2) is 77.2 Å². The predicted molar refractivity (Wildman–Crippen MR) is 128 cm³/mol. The number of nitrogens with one attached hydrogen (secondary N) is 1. The highest BCUT2D eigenvalue weighted by atomic mass is 32.1. The number of nitrogens with zero attached hydrogens (tertiary/aromatic N) is 5. The molecule has 0 radical (unpaired) electrons. The number of benzene rings is 1. The van der Waals surface area contributed by atoms with Gasteiger partial charge in [-0.2, -0.15) is 10.2 Å². The van der Waals surface area contributed by atoms with Gasteiger partial charge in [0.05, 0.1) is 17.9 Å². The van der Waals surface area contributed by atoms with E-state index >= 15 is 0 Å². The van der Waals surface area contributed by atoms with Crippen molar-refractivity contribution in [3.63, 3.8) is 0 Å². The highest BCUT2D eigenvalue weighted by molar-refractivity contribution is 7.09. The third kappa shape index (κ3) is 3.76. The molecule has 0 saturated heterocycles. The molecule has 4 heterocycles. The number of hydrogen-bond acceptors (Lipinski definition) is 5. The minimum absolute atomic E-state index is 0.269. The van der Waals surface area contributed by atoms with Gasteiger partial charge >= 0.3 is 0 Å². The quantitative estimate of drug-likeness (QED) is 0.421. The van der Waals surface area contributed by atoms with Gasteiger partial charge in [-0.1, -0.05) is 24.3 Å². The van der Waals surface area contributed by atoms with E-state index in [2.05, 4.69) is 10.4 Å². The molecule has 0 fully saturated rings. The second-order valence-electron chi connectivity index (χ2n) is 7.69. The molecule has 8 nitrogen and oxygen atoms in total. The minimum atomic E-state index is -0.779. The summed E-state index contributed by atoms with van der Waals surface area (Å²) in [5, 5.41) is 14.5. The minimum Gasteiger partial charge on any atom is -0.349 e. The lowest BCUT2D eigenvalue weighted by atomic mass is 10.2. The predicted octanol–water partition coefficient (Wildman–Crippen LogP) is 3.62. The lowest BCUT2D eigenvalue weighted by molar-refractivity contribution is -0.124. The molecule has 0 aliphatic rings. The fourth-order valence-corrected chi connectivity index (χ4v) is 4.44. The third-order valence-electron chi connectivity index (χ3n) is 5.50. The van der Waals surface area contributed by atoms with Gasteiger partial charge in [0.25, 0.3) is 5.56 Å². The molecule has 0 aliphatic carbocycles. The van der Waals surface area contributed by atoms with Crippen LogP contribution in [0, 0.1) is 6.92 Å². The standard InChI is InChI=1S/C24H22N6O2S/c1-16-21-20(23(28-12-6-7-13-28)30(27-21)18-9-4-3-5-10-18)24(32)29(26-16)17(2)22(31)25-15-19-11-8-14-33-19/h3-14,17H,15H2,1-2H3,(H,25,31)/t17-/m1/s1. The van der Waals surface area contributed by atoms with E-state index in [-0.39, 0.29) is 11.5 Å². The molecule has 5 aromatic rings. The number of thiophene rings is 1. The summed E-state index contributed by atoms with van der Waals surface area (Å²) in [6.07, 6.45) is 3.74. The fourth-order valence-electron chi connectivity index (χ4n) is 3.80. The highest BCUT2D eigenvalue weighted by Gasteiger charge is 2.25. The Balaban J connectivity index is 1.64. The van der Waals surface area contributed by atoms with Crippen molar-refractivity contribution in [2.45, 2.75) is 26.4 Å². The van der Waals surface area contributed by atoms with Gasteiger partial charge in [0.2, 0.25) is 5.91 Å². The van der Waals surface area contributed by atoms with E-state index in [1.807, 2.05) is 76.9 Å². The van der Waals surface area contributed by atoms with Crippen LogP contribution in [0.5, 0.6) is 0 Å². The zero-order valence-corrected chi connectivity index (χ0v) is 19.0. The van der Waals surface area contributed by atoms with E-state index in [1.54, 1.807) is 29.9 Å². The van der Waals surface area contributed by atoms with Crippen molar-refractivity contribution in [3.8, 4) is 11.5 Å². The van der Waals surface area contributed by atoms with E-state index in [0.29, 0.717) is 29.0 Å². The number of aromatic nitrogens is 5. The summed E-state index contributed by atoms with van der Waals surface area (Å²) in [5.74, 6) is 0.339. The number of amides is 1. The van der Waals surface area contributed by atoms with Gasteiger partial charge in [0, 0.05) is 17.3 Å². The summed E-state index contributed by atoms with van der Waals surface area (Å²) < 4.78 is 4.85. The van der Waals surface area contributed by atoms with Crippen molar-refractivity contribution in [1.29, 1.82) is 0 Å². The first-order chi connectivity index (χ1) is 16.0. The second kappa shape index (κ2) is 8.51. The number of fused-ring (bicyclic) bond motifs is 1. The Morgan fingerprint density at radius 3 is 2.52 bits per heavy atom. The lowest BCUT2D eigenvalue weighted by Gasteiger charge is -2.15. The third-order valence-corrected chi connectivity index (χ3v) is 6.37. The number of para-hydroxylation sites is 1. The largest absolute Gasteiger partial charge is 0.349 e. The smallest absolute Gasteiger partial charge is 0.280 e. The summed E-state index contributed by atoms with van der Waals surface area (Å²) >= 11 is 1.57. The fraction of sp³-hybridized carbons (Fsp3) is 0.167. The van der Waals surface area contributed by atoms with E-state index in [0.717, 1.165) is 10.6 Å². The Bertz CT molecular complexity index is 1470. The number of carbonyl (C=O) groups excluding carboxylic acids is 1. The van der Waals surface area contributed by atoms with Crippen molar-refractivity contribution in [2.75, 3.05) is 0 Å². The van der Waals surface area contributed by atoms with Crippen LogP contribution in [-0.2, 0) is 11.3 Å². The van der Waals surface area contributed by atoms with E-state index < -0.39 is 6.04 Å². The number of hydrogen-bond donors (Lipinski definition) is 1. The lowest BCUT2D eigenvalue weighted by Crippen LogP contribution is -2.37. The average molecular weight is 459 g/mol. The molecule has 33 heavy (non-hydrogen) atoms. The molecular formula is C24H22N6O2S. The number of carbonyl (C=O) groups is 1. The summed E-state index contributed by atoms with van der Waals surface area (Å²) in [5.41, 5.74) is 1.55. The van der Waals surface area contributed by atoms with Crippen LogP contribution in [0.25, 0.3) is 22.4 Å². The van der Waals surface area contributed by atoms with Crippen LogP contribution < -0.4 is 10.9 Å². The van der Waals surface area contributed by atoms with E-state index in [4.69, 9.17) is 5.10 Å². The SMILES string of the molecule is Cc1nn([C@H](C)C(=O)NCc2cccs2)c(=O)c2c(-n3cccc3)n(-c3ccccc3)nc12. The Hall–Kier alpha value is -3.98. The molecule has 5 rings (SSSR count). The first-order valence-corrected chi connectivity index (χ1v) is 11.4. The van der Waals surface area contributed by atoms with Crippen LogP contribution in [0.3, 0.4) is 0 Å². The number of rotatable bonds is 6. The summed E-state index contributed by atoms with van der Waals surface area (Å²) in [4.78, 5) is 27.6. The Morgan fingerprint density at radius 1 is 1.06 bits per heavy atom. The van der Waals surface area contributed by atoms with Gasteiger partial charge in [-0.15, -0.1) is 11.3 Å². The maximum absolute atomic E-state index is 13.7. The van der Waals surface area contributed by atoms with Crippen molar-refractivity contribution in [3.05, 3.63) is 93.3 Å². The molecule has 0 spiro atoms. The van der Waals surface area contributed by atoms with Crippen LogP contribution >= 0.6 is 11.3 Å². The molecule has 1 aromatic carbocycles. The maximum atomic E-state index is 13.7. The molecule has 4 aromatic heterocycles.